The number of aliphatic hydroxyl groups is 1. The summed E-state index contributed by atoms with van der Waals surface area (Å²) in [7, 11) is 0. The highest BCUT2D eigenvalue weighted by Crippen LogP contribution is 1.93. The number of rotatable bonds is 3. The van der Waals surface area contributed by atoms with Crippen molar-refractivity contribution in [3.63, 3.8) is 0 Å². The van der Waals surface area contributed by atoms with E-state index in [2.05, 4.69) is 0 Å². The summed E-state index contributed by atoms with van der Waals surface area (Å²) in [5.74, 6) is 0. The largest absolute Gasteiger partial charge is 0.379 e. The van der Waals surface area contributed by atoms with Crippen LogP contribution in [-0.4, -0.2) is 17.4 Å². The Labute approximate surface area is 49.7 Å². The molecule has 0 heterocycles. The van der Waals surface area contributed by atoms with Gasteiger partial charge in [0.25, 0.3) is 0 Å². The van der Waals surface area contributed by atoms with Crippen LogP contribution in [0.3, 0.4) is 0 Å². The third-order valence-electron chi connectivity index (χ3n) is 1.07. The average molecular weight is 118 g/mol. The Balaban J connectivity index is 3.10. The van der Waals surface area contributed by atoms with E-state index in [9.17, 15) is 0 Å². The molecule has 2 atom stereocenters. The highest BCUT2D eigenvalue weighted by Gasteiger charge is 2.01. The summed E-state index contributed by atoms with van der Waals surface area (Å²) < 4.78 is 0. The molecule has 3 nitrogen and oxygen atoms in total. The first-order valence-corrected chi connectivity index (χ1v) is 2.86. The van der Waals surface area contributed by atoms with E-state index >= 15 is 0 Å². The highest BCUT2D eigenvalue weighted by atomic mass is 16.3. The predicted molar refractivity (Wildman–Crippen MR) is 33.1 cm³/mol. The predicted octanol–water partition coefficient (Wildman–Crippen LogP) is -0.609. The lowest BCUT2D eigenvalue weighted by molar-refractivity contribution is 0.162. The summed E-state index contributed by atoms with van der Waals surface area (Å²) in [4.78, 5) is 0. The van der Waals surface area contributed by atoms with Gasteiger partial charge in [-0.1, -0.05) is 6.92 Å². The average Bonchev–Trinajstić information content (AvgIpc) is 1.65. The maximum atomic E-state index is 8.55. The van der Waals surface area contributed by atoms with Gasteiger partial charge in [-0.05, 0) is 6.42 Å². The van der Waals surface area contributed by atoms with Crippen molar-refractivity contribution in [3.05, 3.63) is 0 Å². The summed E-state index contributed by atoms with van der Waals surface area (Å²) in [6.07, 6.45) is 0.620. The zero-order chi connectivity index (χ0) is 6.57. The van der Waals surface area contributed by atoms with Gasteiger partial charge < -0.3 is 16.6 Å². The Hall–Kier alpha value is -0.120. The van der Waals surface area contributed by atoms with Crippen LogP contribution in [0.25, 0.3) is 0 Å². The Morgan fingerprint density at radius 3 is 2.12 bits per heavy atom. The van der Waals surface area contributed by atoms with Crippen molar-refractivity contribution in [2.45, 2.75) is 32.0 Å². The van der Waals surface area contributed by atoms with Gasteiger partial charge in [0.2, 0.25) is 0 Å². The molecule has 0 aliphatic rings. The van der Waals surface area contributed by atoms with Crippen molar-refractivity contribution in [2.75, 3.05) is 0 Å². The lowest BCUT2D eigenvalue weighted by Crippen LogP contribution is -2.30. The molecule has 2 unspecified atom stereocenters. The van der Waals surface area contributed by atoms with Crippen LogP contribution in [0.4, 0.5) is 0 Å². The maximum absolute atomic E-state index is 8.55. The monoisotopic (exact) mass is 118 g/mol. The van der Waals surface area contributed by atoms with Crippen LogP contribution in [0.2, 0.25) is 0 Å². The molecule has 5 N–H and O–H groups in total. The molecule has 0 aromatic heterocycles. The molecule has 0 saturated carbocycles. The van der Waals surface area contributed by atoms with Gasteiger partial charge in [-0.3, -0.25) is 0 Å². The highest BCUT2D eigenvalue weighted by molar-refractivity contribution is 4.60. The summed E-state index contributed by atoms with van der Waals surface area (Å²) in [5.41, 5.74) is 10.5. The minimum Gasteiger partial charge on any atom is -0.379 e. The van der Waals surface area contributed by atoms with E-state index in [4.69, 9.17) is 16.6 Å². The van der Waals surface area contributed by atoms with Crippen LogP contribution in [0, 0.1) is 0 Å². The molecule has 0 amide bonds. The zero-order valence-electron chi connectivity index (χ0n) is 5.17. The molecule has 0 saturated heterocycles. The fraction of sp³-hybridized carbons (Fsp3) is 1.00. The maximum Gasteiger partial charge on any atom is 0.103 e. The topological polar surface area (TPSA) is 72.3 Å². The fourth-order valence-electron chi connectivity index (χ4n) is 0.477. The summed E-state index contributed by atoms with van der Waals surface area (Å²) in [5, 5.41) is 8.55. The van der Waals surface area contributed by atoms with Crippen molar-refractivity contribution in [1.82, 2.24) is 0 Å². The first kappa shape index (κ1) is 7.88. The molecule has 0 fully saturated rings. The van der Waals surface area contributed by atoms with Gasteiger partial charge in [-0.25, -0.2) is 0 Å². The summed E-state index contributed by atoms with van der Waals surface area (Å²) >= 11 is 0. The number of hydrogen-bond donors (Lipinski definition) is 3. The normalized spacial score (nSPS) is 18.0. The first-order valence-electron chi connectivity index (χ1n) is 2.86. The van der Waals surface area contributed by atoms with Crippen molar-refractivity contribution in [1.29, 1.82) is 0 Å². The molecular weight excluding hydrogens is 104 g/mol. The van der Waals surface area contributed by atoms with Crippen LogP contribution in [0.5, 0.6) is 0 Å². The number of nitrogens with two attached hydrogens (primary N) is 2. The molecule has 8 heavy (non-hydrogen) atoms. The second-order valence-electron chi connectivity index (χ2n) is 1.97. The zero-order valence-corrected chi connectivity index (χ0v) is 5.17. The summed E-state index contributed by atoms with van der Waals surface area (Å²) in [6.45, 7) is 1.97. The van der Waals surface area contributed by atoms with Crippen LogP contribution in [0.15, 0.2) is 0 Å². The molecule has 0 bridgehead atoms. The van der Waals surface area contributed by atoms with Gasteiger partial charge in [-0.2, -0.15) is 0 Å². The third-order valence-corrected chi connectivity index (χ3v) is 1.07. The second kappa shape index (κ2) is 3.83. The van der Waals surface area contributed by atoms with Gasteiger partial charge in [0, 0.05) is 12.5 Å². The minimum atomic E-state index is -0.745. The third kappa shape index (κ3) is 4.05. The van der Waals surface area contributed by atoms with Crippen molar-refractivity contribution < 1.29 is 5.11 Å². The van der Waals surface area contributed by atoms with Crippen molar-refractivity contribution in [2.24, 2.45) is 11.5 Å². The van der Waals surface area contributed by atoms with E-state index in [-0.39, 0.29) is 6.04 Å². The van der Waals surface area contributed by atoms with Crippen LogP contribution in [-0.2, 0) is 0 Å². The van der Waals surface area contributed by atoms with Gasteiger partial charge in [0.1, 0.15) is 6.23 Å². The van der Waals surface area contributed by atoms with E-state index in [1.54, 1.807) is 0 Å². The fourth-order valence-corrected chi connectivity index (χ4v) is 0.477. The Kier molecular flexibility index (Phi) is 3.77. The smallest absolute Gasteiger partial charge is 0.103 e. The molecule has 0 aliphatic carbocycles. The summed E-state index contributed by atoms with van der Waals surface area (Å²) in [6, 6.07) is 0.0509. The quantitative estimate of drug-likeness (QED) is 0.433. The molecule has 50 valence electrons. The van der Waals surface area contributed by atoms with Crippen LogP contribution >= 0.6 is 0 Å². The first-order chi connectivity index (χ1) is 3.66. The molecule has 0 aromatic rings. The molecular formula is C5H14N2O. The molecule has 0 spiro atoms. The molecule has 3 heteroatoms. The van der Waals surface area contributed by atoms with E-state index in [0.717, 1.165) is 6.42 Å². The van der Waals surface area contributed by atoms with E-state index < -0.39 is 6.23 Å². The van der Waals surface area contributed by atoms with E-state index in [1.807, 2.05) is 6.92 Å². The molecule has 0 rings (SSSR count). The Morgan fingerprint density at radius 1 is 1.50 bits per heavy atom. The number of hydrogen-bond acceptors (Lipinski definition) is 3. The lowest BCUT2D eigenvalue weighted by atomic mass is 10.1. The van der Waals surface area contributed by atoms with Crippen LogP contribution in [0.1, 0.15) is 19.8 Å². The Bertz CT molecular complexity index is 56.4. The molecule has 0 radical (unpaired) electrons. The molecule has 0 aliphatic heterocycles. The van der Waals surface area contributed by atoms with Crippen molar-refractivity contribution >= 4 is 0 Å². The van der Waals surface area contributed by atoms with Gasteiger partial charge >= 0.3 is 0 Å². The van der Waals surface area contributed by atoms with Crippen LogP contribution < -0.4 is 11.5 Å². The van der Waals surface area contributed by atoms with Gasteiger partial charge in [0.05, 0.1) is 0 Å². The van der Waals surface area contributed by atoms with Crippen molar-refractivity contribution in [3.8, 4) is 0 Å². The SMILES string of the molecule is CCC(N)CC(N)O. The van der Waals surface area contributed by atoms with Gasteiger partial charge in [-0.15, -0.1) is 0 Å². The Morgan fingerprint density at radius 2 is 2.00 bits per heavy atom. The lowest BCUT2D eigenvalue weighted by Gasteiger charge is -2.09. The number of aliphatic hydroxyl groups excluding tert-OH is 1. The standard InChI is InChI=1S/C5H14N2O/c1-2-4(6)3-5(7)8/h4-5,8H,2-3,6-7H2,1H3. The van der Waals surface area contributed by atoms with E-state index in [0.29, 0.717) is 6.42 Å². The second-order valence-corrected chi connectivity index (χ2v) is 1.97. The van der Waals surface area contributed by atoms with E-state index in [1.165, 1.54) is 0 Å². The molecule has 0 aromatic carbocycles. The van der Waals surface area contributed by atoms with Gasteiger partial charge in [0.15, 0.2) is 0 Å². The minimum absolute atomic E-state index is 0.0509.